The van der Waals surface area contributed by atoms with E-state index in [0.717, 1.165) is 17.9 Å². The average molecular weight is 367 g/mol. The Morgan fingerprint density at radius 2 is 1.77 bits per heavy atom. The van der Waals surface area contributed by atoms with Crippen LogP contribution in [0, 0.1) is 0 Å². The second kappa shape index (κ2) is 9.73. The lowest BCUT2D eigenvalue weighted by atomic mass is 9.92. The number of carbonyl (C=O) groups excluding carboxylic acids is 3. The molecule has 0 bridgehead atoms. The van der Waals surface area contributed by atoms with Crippen molar-refractivity contribution >= 4 is 17.9 Å². The number of aliphatic carboxylic acids is 2. The van der Waals surface area contributed by atoms with Crippen molar-refractivity contribution in [3.63, 3.8) is 0 Å². The molecule has 1 saturated heterocycles. The highest BCUT2D eigenvalue weighted by Gasteiger charge is 2.47. The summed E-state index contributed by atoms with van der Waals surface area (Å²) < 4.78 is 10.3. The van der Waals surface area contributed by atoms with Gasteiger partial charge in [0, 0.05) is 26.4 Å². The molecule has 26 heavy (non-hydrogen) atoms. The predicted molar refractivity (Wildman–Crippen MR) is 84.4 cm³/mol. The molecule has 1 aliphatic rings. The van der Waals surface area contributed by atoms with E-state index in [9.17, 15) is 4.79 Å². The third kappa shape index (κ3) is 6.01. The summed E-state index contributed by atoms with van der Waals surface area (Å²) in [4.78, 5) is 35.8. The van der Waals surface area contributed by atoms with Crippen molar-refractivity contribution in [2.75, 3.05) is 27.3 Å². The summed E-state index contributed by atoms with van der Waals surface area (Å²) in [5.74, 6) is -3.87. The van der Waals surface area contributed by atoms with Gasteiger partial charge in [-0.15, -0.1) is 0 Å². The normalized spacial score (nSPS) is 19.2. The van der Waals surface area contributed by atoms with Crippen LogP contribution in [-0.4, -0.2) is 55.9 Å². The number of hydrogen-bond donors (Lipinski definition) is 0. The Kier molecular flexibility index (Phi) is 8.01. The first-order chi connectivity index (χ1) is 12.2. The molecule has 1 aromatic rings. The summed E-state index contributed by atoms with van der Waals surface area (Å²) in [6.45, 7) is 2.88. The summed E-state index contributed by atoms with van der Waals surface area (Å²) in [6.07, 6.45) is 1.13. The van der Waals surface area contributed by atoms with Crippen molar-refractivity contribution in [3.8, 4) is 5.75 Å². The molecule has 1 aromatic carbocycles. The van der Waals surface area contributed by atoms with E-state index in [4.69, 9.17) is 34.1 Å². The van der Waals surface area contributed by atoms with E-state index >= 15 is 0 Å². The number of nitrogens with zero attached hydrogens (tertiary/aromatic N) is 1. The van der Waals surface area contributed by atoms with Gasteiger partial charge in [0.1, 0.15) is 5.75 Å². The first kappa shape index (κ1) is 21.4. The van der Waals surface area contributed by atoms with Crippen LogP contribution in [0.25, 0.3) is 0 Å². The summed E-state index contributed by atoms with van der Waals surface area (Å²) in [6, 6.07) is 7.66. The Balaban J connectivity index is 0.000000487. The van der Waals surface area contributed by atoms with Gasteiger partial charge in [0.15, 0.2) is 5.60 Å². The minimum Gasteiger partial charge on any atom is -0.543 e. The van der Waals surface area contributed by atoms with Crippen LogP contribution >= 0.6 is 0 Å². The molecule has 0 N–H and O–H groups in total. The molecule has 0 aliphatic carbocycles. The maximum Gasteiger partial charge on any atom is 0.340 e. The van der Waals surface area contributed by atoms with Crippen LogP contribution in [0.15, 0.2) is 24.3 Å². The quantitative estimate of drug-likeness (QED) is 0.441. The Morgan fingerprint density at radius 1 is 1.19 bits per heavy atom. The van der Waals surface area contributed by atoms with Crippen LogP contribution in [0.4, 0.5) is 0 Å². The highest BCUT2D eigenvalue weighted by Crippen LogP contribution is 2.31. The lowest BCUT2D eigenvalue weighted by Gasteiger charge is -2.26. The molecule has 144 valence electrons. The third-order valence-electron chi connectivity index (χ3n) is 3.62. The lowest BCUT2D eigenvalue weighted by molar-refractivity contribution is -0.345. The van der Waals surface area contributed by atoms with Crippen molar-refractivity contribution in [1.29, 1.82) is 0 Å². The zero-order valence-corrected chi connectivity index (χ0v) is 14.9. The predicted octanol–water partition coefficient (Wildman–Crippen LogP) is -1.71. The Hall–Kier alpha value is -2.65. The van der Waals surface area contributed by atoms with E-state index in [1.54, 1.807) is 19.1 Å². The van der Waals surface area contributed by atoms with Crippen molar-refractivity contribution in [1.82, 2.24) is 5.06 Å². The Morgan fingerprint density at radius 3 is 2.15 bits per heavy atom. The van der Waals surface area contributed by atoms with Gasteiger partial charge >= 0.3 is 5.97 Å². The highest BCUT2D eigenvalue weighted by atomic mass is 16.7. The summed E-state index contributed by atoms with van der Waals surface area (Å²) >= 11 is 0. The van der Waals surface area contributed by atoms with Gasteiger partial charge in [-0.1, -0.05) is 12.1 Å². The standard InChI is InChI=1S/C15H21NO4.C2H2O4/c1-4-19-14(17)15(9-10-16(2)20-15)11-12-5-7-13(18-3)8-6-12;3-1(4)2(5)6/h5-8H,4,9-11H2,1-3H3;(H,3,4)(H,5,6)/p-2. The minimum absolute atomic E-state index is 0.292. The molecule has 0 saturated carbocycles. The molecular weight excluding hydrogens is 346 g/mol. The fraction of sp³-hybridized carbons (Fsp3) is 0.471. The first-order valence-electron chi connectivity index (χ1n) is 7.87. The van der Waals surface area contributed by atoms with Gasteiger partial charge in [-0.2, -0.15) is 5.06 Å². The topological polar surface area (TPSA) is 128 Å². The van der Waals surface area contributed by atoms with Crippen LogP contribution < -0.4 is 14.9 Å². The van der Waals surface area contributed by atoms with Crippen molar-refractivity contribution in [3.05, 3.63) is 29.8 Å². The summed E-state index contributed by atoms with van der Waals surface area (Å²) in [5.41, 5.74) is 0.119. The molecule has 1 fully saturated rings. The van der Waals surface area contributed by atoms with Crippen LogP contribution in [0.1, 0.15) is 18.9 Å². The molecule has 9 nitrogen and oxygen atoms in total. The highest BCUT2D eigenvalue weighted by molar-refractivity contribution is 6.25. The van der Waals surface area contributed by atoms with Crippen molar-refractivity contribution < 1.29 is 38.9 Å². The van der Waals surface area contributed by atoms with Gasteiger partial charge in [0.2, 0.25) is 0 Å². The third-order valence-corrected chi connectivity index (χ3v) is 3.62. The maximum atomic E-state index is 12.2. The fourth-order valence-electron chi connectivity index (χ4n) is 2.40. The second-order valence-electron chi connectivity index (χ2n) is 5.51. The van der Waals surface area contributed by atoms with Crippen molar-refractivity contribution in [2.24, 2.45) is 0 Å². The Bertz CT molecular complexity index is 618. The number of benzene rings is 1. The van der Waals surface area contributed by atoms with Gasteiger partial charge in [0.05, 0.1) is 25.7 Å². The van der Waals surface area contributed by atoms with Gasteiger partial charge in [-0.05, 0) is 24.6 Å². The first-order valence-corrected chi connectivity index (χ1v) is 7.87. The number of hydroxylamine groups is 2. The van der Waals surface area contributed by atoms with Gasteiger partial charge in [-0.3, -0.25) is 4.84 Å². The zero-order valence-electron chi connectivity index (χ0n) is 14.9. The number of carboxylic acids is 2. The minimum atomic E-state index is -2.19. The number of hydrogen-bond acceptors (Lipinski definition) is 9. The number of esters is 1. The average Bonchev–Trinajstić information content (AvgIpc) is 2.98. The van der Waals surface area contributed by atoms with Crippen molar-refractivity contribution in [2.45, 2.75) is 25.4 Å². The van der Waals surface area contributed by atoms with E-state index in [1.165, 1.54) is 0 Å². The molecule has 0 amide bonds. The fourth-order valence-corrected chi connectivity index (χ4v) is 2.40. The van der Waals surface area contributed by atoms with Gasteiger partial charge in [0.25, 0.3) is 0 Å². The van der Waals surface area contributed by atoms with Gasteiger partial charge in [-0.25, -0.2) is 4.79 Å². The van der Waals surface area contributed by atoms with Crippen LogP contribution in [-0.2, 0) is 30.4 Å². The molecule has 0 aromatic heterocycles. The van der Waals surface area contributed by atoms with E-state index < -0.39 is 17.5 Å². The van der Waals surface area contributed by atoms with E-state index in [1.807, 2.05) is 31.3 Å². The maximum absolute atomic E-state index is 12.2. The lowest BCUT2D eigenvalue weighted by Crippen LogP contribution is -2.43. The molecule has 1 atom stereocenters. The molecular formula is C17H21NO8-2. The monoisotopic (exact) mass is 367 g/mol. The van der Waals surface area contributed by atoms with E-state index in [-0.39, 0.29) is 5.97 Å². The molecule has 1 heterocycles. The van der Waals surface area contributed by atoms with Crippen LogP contribution in [0.5, 0.6) is 5.75 Å². The summed E-state index contributed by atoms with van der Waals surface area (Å²) in [5, 5.41) is 19.5. The summed E-state index contributed by atoms with van der Waals surface area (Å²) in [7, 11) is 3.46. The second-order valence-corrected chi connectivity index (χ2v) is 5.51. The number of carboxylic acid groups (broad SMARTS) is 2. The molecule has 1 aliphatic heterocycles. The molecule has 1 unspecified atom stereocenters. The zero-order chi connectivity index (χ0) is 19.7. The molecule has 0 spiro atoms. The smallest absolute Gasteiger partial charge is 0.340 e. The van der Waals surface area contributed by atoms with Crippen LogP contribution in [0.2, 0.25) is 0 Å². The number of carbonyl (C=O) groups is 3. The van der Waals surface area contributed by atoms with Gasteiger partial charge < -0.3 is 29.3 Å². The molecule has 0 radical (unpaired) electrons. The molecule has 2 rings (SSSR count). The van der Waals surface area contributed by atoms with Crippen LogP contribution in [0.3, 0.4) is 0 Å². The number of ether oxygens (including phenoxy) is 2. The SMILES string of the molecule is CCOC(=O)C1(Cc2ccc(OC)cc2)CCN(C)O1.O=C([O-])C(=O)[O-]. The number of rotatable bonds is 5. The Labute approximate surface area is 151 Å². The number of methoxy groups -OCH3 is 1. The largest absolute Gasteiger partial charge is 0.543 e. The van der Waals surface area contributed by atoms with E-state index in [2.05, 4.69) is 0 Å². The molecule has 9 heteroatoms. The van der Waals surface area contributed by atoms with E-state index in [0.29, 0.717) is 19.4 Å².